The number of halogens is 2. The summed E-state index contributed by atoms with van der Waals surface area (Å²) in [6.07, 6.45) is 4.39. The molecule has 0 aromatic carbocycles. The highest BCUT2D eigenvalue weighted by Crippen LogP contribution is 2.14. The van der Waals surface area contributed by atoms with E-state index >= 15 is 0 Å². The minimum atomic E-state index is -0.227. The number of hydrogen-bond donors (Lipinski definition) is 1. The van der Waals surface area contributed by atoms with Gasteiger partial charge in [-0.05, 0) is 24.1 Å². The number of pyridine rings is 1. The molecule has 5 nitrogen and oxygen atoms in total. The maximum atomic E-state index is 11.9. The third-order valence-corrected chi connectivity index (χ3v) is 2.87. The van der Waals surface area contributed by atoms with E-state index in [0.29, 0.717) is 18.5 Å². The molecule has 100 valence electrons. The van der Waals surface area contributed by atoms with Gasteiger partial charge in [-0.25, -0.2) is 4.98 Å². The third-order valence-electron chi connectivity index (χ3n) is 2.48. The molecule has 0 aliphatic rings. The van der Waals surface area contributed by atoms with Crippen LogP contribution in [0.1, 0.15) is 15.9 Å². The second-order valence-electron chi connectivity index (χ2n) is 4.03. The van der Waals surface area contributed by atoms with Crippen molar-refractivity contribution in [2.45, 2.75) is 6.42 Å². The molecule has 19 heavy (non-hydrogen) atoms. The lowest BCUT2D eigenvalue weighted by molar-refractivity contribution is 0.0954. The van der Waals surface area contributed by atoms with Crippen LogP contribution in [0.3, 0.4) is 0 Å². The number of carbonyl (C=O) groups excluding carboxylic acids is 1. The van der Waals surface area contributed by atoms with Crippen LogP contribution < -0.4 is 5.32 Å². The van der Waals surface area contributed by atoms with Crippen LogP contribution in [-0.4, -0.2) is 27.2 Å². The molecule has 7 heteroatoms. The standard InChI is InChI=1S/C12H12Cl2N4O/c1-18-7-8(6-16-18)2-3-15-12(19)9-4-10(13)17-11(14)5-9/h4-7H,2-3H2,1H3,(H,15,19). The fourth-order valence-electron chi connectivity index (χ4n) is 1.62. The Kier molecular flexibility index (Phi) is 4.39. The minimum Gasteiger partial charge on any atom is -0.352 e. The van der Waals surface area contributed by atoms with Gasteiger partial charge in [-0.15, -0.1) is 0 Å². The Balaban J connectivity index is 1.90. The monoisotopic (exact) mass is 298 g/mol. The Bertz CT molecular complexity index is 577. The molecule has 1 N–H and O–H groups in total. The van der Waals surface area contributed by atoms with Crippen molar-refractivity contribution < 1.29 is 4.79 Å². The summed E-state index contributed by atoms with van der Waals surface area (Å²) in [4.78, 5) is 15.7. The van der Waals surface area contributed by atoms with Gasteiger partial charge in [0.2, 0.25) is 0 Å². The Labute approximate surface area is 120 Å². The maximum absolute atomic E-state index is 11.9. The van der Waals surface area contributed by atoms with Crippen LogP contribution in [-0.2, 0) is 13.5 Å². The van der Waals surface area contributed by atoms with E-state index in [2.05, 4.69) is 15.4 Å². The van der Waals surface area contributed by atoms with Gasteiger partial charge in [0.15, 0.2) is 0 Å². The van der Waals surface area contributed by atoms with Crippen LogP contribution in [0.5, 0.6) is 0 Å². The van der Waals surface area contributed by atoms with Crippen molar-refractivity contribution in [2.75, 3.05) is 6.54 Å². The van der Waals surface area contributed by atoms with Crippen molar-refractivity contribution in [3.05, 3.63) is 46.0 Å². The molecule has 2 rings (SSSR count). The minimum absolute atomic E-state index is 0.199. The normalized spacial score (nSPS) is 10.5. The predicted octanol–water partition coefficient (Wildman–Crippen LogP) is 2.09. The van der Waals surface area contributed by atoms with E-state index in [4.69, 9.17) is 23.2 Å². The lowest BCUT2D eigenvalue weighted by Crippen LogP contribution is -2.25. The van der Waals surface area contributed by atoms with Crippen molar-refractivity contribution in [3.63, 3.8) is 0 Å². The molecule has 0 saturated carbocycles. The van der Waals surface area contributed by atoms with Crippen molar-refractivity contribution >= 4 is 29.1 Å². The molecule has 0 saturated heterocycles. The molecule has 2 heterocycles. The molecule has 0 aliphatic heterocycles. The Morgan fingerprint density at radius 3 is 2.63 bits per heavy atom. The van der Waals surface area contributed by atoms with Gasteiger partial charge in [-0.1, -0.05) is 23.2 Å². The van der Waals surface area contributed by atoms with Crippen LogP contribution >= 0.6 is 23.2 Å². The molecule has 2 aromatic rings. The lowest BCUT2D eigenvalue weighted by Gasteiger charge is -2.05. The molecule has 2 aromatic heterocycles. The molecule has 0 unspecified atom stereocenters. The lowest BCUT2D eigenvalue weighted by atomic mass is 10.2. The highest BCUT2D eigenvalue weighted by molar-refractivity contribution is 6.33. The van der Waals surface area contributed by atoms with Crippen molar-refractivity contribution in [1.29, 1.82) is 0 Å². The fraction of sp³-hybridized carbons (Fsp3) is 0.250. The van der Waals surface area contributed by atoms with Gasteiger partial charge < -0.3 is 5.32 Å². The topological polar surface area (TPSA) is 59.8 Å². The zero-order chi connectivity index (χ0) is 13.8. The van der Waals surface area contributed by atoms with Gasteiger partial charge in [0, 0.05) is 25.4 Å². The summed E-state index contributed by atoms with van der Waals surface area (Å²) in [5.74, 6) is -0.227. The summed E-state index contributed by atoms with van der Waals surface area (Å²) in [5, 5.41) is 7.24. The fourth-order valence-corrected chi connectivity index (χ4v) is 2.08. The van der Waals surface area contributed by atoms with E-state index in [-0.39, 0.29) is 16.2 Å². The van der Waals surface area contributed by atoms with Gasteiger partial charge in [0.05, 0.1) is 6.20 Å². The average Bonchev–Trinajstić information content (AvgIpc) is 2.73. The molecular weight excluding hydrogens is 287 g/mol. The van der Waals surface area contributed by atoms with Gasteiger partial charge in [0.25, 0.3) is 5.91 Å². The summed E-state index contributed by atoms with van der Waals surface area (Å²) in [6.45, 7) is 0.516. The number of hydrogen-bond acceptors (Lipinski definition) is 3. The van der Waals surface area contributed by atoms with Crippen molar-refractivity contribution in [3.8, 4) is 0 Å². The first kappa shape index (κ1) is 13.8. The highest BCUT2D eigenvalue weighted by atomic mass is 35.5. The number of rotatable bonds is 4. The summed E-state index contributed by atoms with van der Waals surface area (Å²) < 4.78 is 1.72. The second kappa shape index (κ2) is 6.04. The number of aromatic nitrogens is 3. The number of amides is 1. The van der Waals surface area contributed by atoms with E-state index in [1.54, 1.807) is 10.9 Å². The summed E-state index contributed by atoms with van der Waals surface area (Å²) >= 11 is 11.5. The second-order valence-corrected chi connectivity index (χ2v) is 4.80. The van der Waals surface area contributed by atoms with Gasteiger partial charge >= 0.3 is 0 Å². The molecule has 0 aliphatic carbocycles. The summed E-state index contributed by atoms with van der Waals surface area (Å²) in [5.41, 5.74) is 1.46. The van der Waals surface area contributed by atoms with E-state index in [9.17, 15) is 4.79 Å². The predicted molar refractivity (Wildman–Crippen MR) is 73.5 cm³/mol. The van der Waals surface area contributed by atoms with E-state index in [0.717, 1.165) is 5.56 Å². The zero-order valence-electron chi connectivity index (χ0n) is 10.2. The zero-order valence-corrected chi connectivity index (χ0v) is 11.7. The first-order chi connectivity index (χ1) is 9.04. The molecule has 0 bridgehead atoms. The smallest absolute Gasteiger partial charge is 0.251 e. The SMILES string of the molecule is Cn1cc(CCNC(=O)c2cc(Cl)nc(Cl)c2)cn1. The summed E-state index contributed by atoms with van der Waals surface area (Å²) in [7, 11) is 1.85. The number of nitrogens with one attached hydrogen (secondary N) is 1. The quantitative estimate of drug-likeness (QED) is 0.879. The largest absolute Gasteiger partial charge is 0.352 e. The molecule has 0 atom stereocenters. The molecular formula is C12H12Cl2N4O. The van der Waals surface area contributed by atoms with Crippen LogP contribution in [0.2, 0.25) is 10.3 Å². The van der Waals surface area contributed by atoms with Crippen LogP contribution in [0.25, 0.3) is 0 Å². The van der Waals surface area contributed by atoms with Gasteiger partial charge in [-0.2, -0.15) is 5.10 Å². The first-order valence-electron chi connectivity index (χ1n) is 5.63. The Hall–Kier alpha value is -1.59. The first-order valence-corrected chi connectivity index (χ1v) is 6.39. The molecule has 0 spiro atoms. The molecule has 1 amide bonds. The van der Waals surface area contributed by atoms with Crippen molar-refractivity contribution in [2.24, 2.45) is 7.05 Å². The van der Waals surface area contributed by atoms with E-state index in [1.807, 2.05) is 13.2 Å². The maximum Gasteiger partial charge on any atom is 0.251 e. The van der Waals surface area contributed by atoms with Crippen LogP contribution in [0.4, 0.5) is 0 Å². The highest BCUT2D eigenvalue weighted by Gasteiger charge is 2.08. The van der Waals surface area contributed by atoms with E-state index < -0.39 is 0 Å². The molecule has 0 fully saturated rings. The van der Waals surface area contributed by atoms with E-state index in [1.165, 1.54) is 12.1 Å². The Morgan fingerprint density at radius 1 is 1.37 bits per heavy atom. The van der Waals surface area contributed by atoms with Gasteiger partial charge in [-0.3, -0.25) is 9.48 Å². The average molecular weight is 299 g/mol. The van der Waals surface area contributed by atoms with Crippen molar-refractivity contribution in [1.82, 2.24) is 20.1 Å². The third kappa shape index (κ3) is 3.94. The van der Waals surface area contributed by atoms with Gasteiger partial charge in [0.1, 0.15) is 10.3 Å². The summed E-state index contributed by atoms with van der Waals surface area (Å²) in [6, 6.07) is 2.96. The number of carbonyl (C=O) groups is 1. The molecule has 0 radical (unpaired) electrons. The number of aryl methyl sites for hydroxylation is 1. The van der Waals surface area contributed by atoms with Crippen LogP contribution in [0.15, 0.2) is 24.5 Å². The van der Waals surface area contributed by atoms with Crippen LogP contribution in [0, 0.1) is 0 Å². The number of nitrogens with zero attached hydrogens (tertiary/aromatic N) is 3. The Morgan fingerprint density at radius 2 is 2.05 bits per heavy atom.